The van der Waals surface area contributed by atoms with E-state index in [0.717, 1.165) is 68.6 Å². The molecule has 0 aliphatic carbocycles. The number of nitrogens with one attached hydrogen (secondary N) is 2. The van der Waals surface area contributed by atoms with E-state index in [-0.39, 0.29) is 17.2 Å². The summed E-state index contributed by atoms with van der Waals surface area (Å²) in [5.74, 6) is 0.427. The predicted octanol–water partition coefficient (Wildman–Crippen LogP) is 5.15. The summed E-state index contributed by atoms with van der Waals surface area (Å²) in [5.41, 5.74) is 3.10. The van der Waals surface area contributed by atoms with Crippen molar-refractivity contribution in [3.63, 3.8) is 0 Å². The number of hydrogen-bond donors (Lipinski definition) is 2. The number of piperidine rings is 2. The topological polar surface area (TPSA) is 74.3 Å². The number of amides is 2. The molecular formula is C28H29ClN4O2. The molecule has 2 aliphatic heterocycles. The number of carbonyl (C=O) groups is 2. The summed E-state index contributed by atoms with van der Waals surface area (Å²) in [6, 6.07) is 19.0. The van der Waals surface area contributed by atoms with Crippen LogP contribution in [0.25, 0.3) is 11.1 Å². The number of benzene rings is 2. The van der Waals surface area contributed by atoms with E-state index in [0.29, 0.717) is 16.4 Å². The first kappa shape index (κ1) is 23.5. The van der Waals surface area contributed by atoms with Gasteiger partial charge in [0, 0.05) is 24.8 Å². The molecule has 2 saturated heterocycles. The van der Waals surface area contributed by atoms with E-state index in [9.17, 15) is 9.59 Å². The number of hydrogen-bond acceptors (Lipinski definition) is 4. The van der Waals surface area contributed by atoms with Crippen molar-refractivity contribution in [2.45, 2.75) is 32.2 Å². The molecule has 35 heavy (non-hydrogen) atoms. The highest BCUT2D eigenvalue weighted by molar-refractivity contribution is 6.37. The Kier molecular flexibility index (Phi) is 6.84. The SMILES string of the molecule is O=C(Nc1ccc(CN2CCC3(CCCNC3=O)CC2)cn1)c1cccc(-c2ccccc2)c1Cl. The summed E-state index contributed by atoms with van der Waals surface area (Å²) in [6.45, 7) is 3.40. The van der Waals surface area contributed by atoms with Crippen molar-refractivity contribution in [3.8, 4) is 11.1 Å². The lowest BCUT2D eigenvalue weighted by atomic mass is 9.72. The minimum atomic E-state index is -0.292. The Morgan fingerprint density at radius 3 is 2.54 bits per heavy atom. The Balaban J connectivity index is 1.20. The molecule has 1 spiro atoms. The standard InChI is InChI=1S/C28H29ClN4O2/c29-25-22(21-6-2-1-3-7-21)8-4-9-23(25)26(34)32-24-11-10-20(18-31-24)19-33-16-13-28(14-17-33)12-5-15-30-27(28)35/h1-4,6-11,18H,5,12-17,19H2,(H,30,35)(H,31,32,34). The van der Waals surface area contributed by atoms with E-state index in [1.807, 2.05) is 54.6 Å². The molecule has 2 aliphatic rings. The van der Waals surface area contributed by atoms with Gasteiger partial charge in [-0.05, 0) is 62.0 Å². The van der Waals surface area contributed by atoms with Gasteiger partial charge >= 0.3 is 0 Å². The fraction of sp³-hybridized carbons (Fsp3) is 0.321. The fourth-order valence-electron chi connectivity index (χ4n) is 5.13. The lowest BCUT2D eigenvalue weighted by Gasteiger charge is -2.42. The molecule has 3 heterocycles. The number of nitrogens with zero attached hydrogens (tertiary/aromatic N) is 2. The van der Waals surface area contributed by atoms with Crippen LogP contribution in [0.3, 0.4) is 0 Å². The lowest BCUT2D eigenvalue weighted by molar-refractivity contribution is -0.136. The Labute approximate surface area is 210 Å². The van der Waals surface area contributed by atoms with Gasteiger partial charge in [0.25, 0.3) is 5.91 Å². The molecule has 2 amide bonds. The molecule has 2 aromatic carbocycles. The van der Waals surface area contributed by atoms with Crippen molar-refractivity contribution < 1.29 is 9.59 Å². The monoisotopic (exact) mass is 488 g/mol. The Hall–Kier alpha value is -3.22. The van der Waals surface area contributed by atoms with Gasteiger partial charge in [-0.25, -0.2) is 4.98 Å². The summed E-state index contributed by atoms with van der Waals surface area (Å²) in [4.78, 5) is 32.1. The zero-order valence-corrected chi connectivity index (χ0v) is 20.4. The second-order valence-corrected chi connectivity index (χ2v) is 9.83. The number of rotatable bonds is 5. The molecule has 2 fully saturated rings. The highest BCUT2D eigenvalue weighted by Gasteiger charge is 2.42. The van der Waals surface area contributed by atoms with Crippen LogP contribution in [0.5, 0.6) is 0 Å². The number of likely N-dealkylation sites (tertiary alicyclic amines) is 1. The summed E-state index contributed by atoms with van der Waals surface area (Å²) in [5, 5.41) is 6.32. The molecular weight excluding hydrogens is 460 g/mol. The number of pyridine rings is 1. The number of halogens is 1. The maximum atomic E-state index is 12.9. The van der Waals surface area contributed by atoms with E-state index >= 15 is 0 Å². The number of carbonyl (C=O) groups excluding carboxylic acids is 2. The third-order valence-electron chi connectivity index (χ3n) is 7.21. The highest BCUT2D eigenvalue weighted by Crippen LogP contribution is 2.38. The fourth-order valence-corrected chi connectivity index (χ4v) is 5.45. The molecule has 2 N–H and O–H groups in total. The van der Waals surface area contributed by atoms with Gasteiger partial charge in [-0.2, -0.15) is 0 Å². The molecule has 3 aromatic rings. The van der Waals surface area contributed by atoms with Gasteiger partial charge in [-0.3, -0.25) is 14.5 Å². The Morgan fingerprint density at radius 2 is 1.83 bits per heavy atom. The van der Waals surface area contributed by atoms with Crippen LogP contribution >= 0.6 is 11.6 Å². The summed E-state index contributed by atoms with van der Waals surface area (Å²) in [6.07, 6.45) is 5.69. The zero-order chi connectivity index (χ0) is 24.3. The molecule has 0 radical (unpaired) electrons. The van der Waals surface area contributed by atoms with Crippen LogP contribution < -0.4 is 10.6 Å². The van der Waals surface area contributed by atoms with Crippen LogP contribution in [0.1, 0.15) is 41.6 Å². The Morgan fingerprint density at radius 1 is 1.03 bits per heavy atom. The molecule has 1 aromatic heterocycles. The number of anilines is 1. The van der Waals surface area contributed by atoms with Crippen molar-refractivity contribution in [3.05, 3.63) is 83.0 Å². The van der Waals surface area contributed by atoms with Crippen molar-refractivity contribution in [1.29, 1.82) is 0 Å². The summed E-state index contributed by atoms with van der Waals surface area (Å²) < 4.78 is 0. The van der Waals surface area contributed by atoms with Crippen molar-refractivity contribution in [1.82, 2.24) is 15.2 Å². The predicted molar refractivity (Wildman–Crippen MR) is 138 cm³/mol. The molecule has 0 saturated carbocycles. The smallest absolute Gasteiger partial charge is 0.258 e. The molecule has 0 unspecified atom stereocenters. The van der Waals surface area contributed by atoms with Gasteiger partial charge in [0.05, 0.1) is 16.0 Å². The maximum absolute atomic E-state index is 12.9. The average molecular weight is 489 g/mol. The van der Waals surface area contributed by atoms with Crippen LogP contribution in [0.15, 0.2) is 66.9 Å². The molecule has 180 valence electrons. The maximum Gasteiger partial charge on any atom is 0.258 e. The first-order chi connectivity index (χ1) is 17.0. The van der Waals surface area contributed by atoms with Crippen molar-refractivity contribution >= 4 is 29.2 Å². The minimum Gasteiger partial charge on any atom is -0.356 e. The average Bonchev–Trinajstić information content (AvgIpc) is 2.89. The van der Waals surface area contributed by atoms with Crippen LogP contribution in [0.2, 0.25) is 5.02 Å². The van der Waals surface area contributed by atoms with E-state index in [2.05, 4.69) is 20.5 Å². The van der Waals surface area contributed by atoms with Gasteiger partial charge < -0.3 is 10.6 Å². The molecule has 6 nitrogen and oxygen atoms in total. The van der Waals surface area contributed by atoms with Gasteiger partial charge in [-0.15, -0.1) is 0 Å². The molecule has 0 atom stereocenters. The van der Waals surface area contributed by atoms with E-state index < -0.39 is 0 Å². The first-order valence-corrected chi connectivity index (χ1v) is 12.5. The van der Waals surface area contributed by atoms with Crippen LogP contribution in [0.4, 0.5) is 5.82 Å². The van der Waals surface area contributed by atoms with Gasteiger partial charge in [0.15, 0.2) is 0 Å². The van der Waals surface area contributed by atoms with Crippen molar-refractivity contribution in [2.75, 3.05) is 25.0 Å². The van der Waals surface area contributed by atoms with E-state index in [4.69, 9.17) is 11.6 Å². The quantitative estimate of drug-likeness (QED) is 0.521. The van der Waals surface area contributed by atoms with E-state index in [1.54, 1.807) is 12.3 Å². The highest BCUT2D eigenvalue weighted by atomic mass is 35.5. The molecule has 5 rings (SSSR count). The summed E-state index contributed by atoms with van der Waals surface area (Å²) >= 11 is 6.59. The summed E-state index contributed by atoms with van der Waals surface area (Å²) in [7, 11) is 0. The Bertz CT molecular complexity index is 1210. The van der Waals surface area contributed by atoms with Crippen molar-refractivity contribution in [2.24, 2.45) is 5.41 Å². The second kappa shape index (κ2) is 10.2. The third kappa shape index (κ3) is 5.09. The zero-order valence-electron chi connectivity index (χ0n) is 19.6. The van der Waals surface area contributed by atoms with E-state index in [1.165, 1.54) is 0 Å². The lowest BCUT2D eigenvalue weighted by Crippen LogP contribution is -2.51. The van der Waals surface area contributed by atoms with Gasteiger partial charge in [-0.1, -0.05) is 60.1 Å². The minimum absolute atomic E-state index is 0.166. The molecule has 7 heteroatoms. The third-order valence-corrected chi connectivity index (χ3v) is 7.62. The largest absolute Gasteiger partial charge is 0.356 e. The van der Waals surface area contributed by atoms with Crippen LogP contribution in [0, 0.1) is 5.41 Å². The van der Waals surface area contributed by atoms with Crippen LogP contribution in [-0.4, -0.2) is 41.3 Å². The second-order valence-electron chi connectivity index (χ2n) is 9.45. The van der Waals surface area contributed by atoms with Crippen LogP contribution in [-0.2, 0) is 11.3 Å². The first-order valence-electron chi connectivity index (χ1n) is 12.1. The van der Waals surface area contributed by atoms with Gasteiger partial charge in [0.2, 0.25) is 5.91 Å². The molecule has 0 bridgehead atoms. The van der Waals surface area contributed by atoms with Gasteiger partial charge in [0.1, 0.15) is 5.82 Å². The normalized spacial score (nSPS) is 17.7. The number of aromatic nitrogens is 1.